The molecule has 1 unspecified atom stereocenters. The second kappa shape index (κ2) is 5.40. The van der Waals surface area contributed by atoms with E-state index in [-0.39, 0.29) is 17.7 Å². The zero-order chi connectivity index (χ0) is 13.1. The summed E-state index contributed by atoms with van der Waals surface area (Å²) in [5.74, 6) is -0.349. The van der Waals surface area contributed by atoms with Crippen LogP contribution in [0.25, 0.3) is 0 Å². The largest absolute Gasteiger partial charge is 0.333 e. The van der Waals surface area contributed by atoms with Crippen LogP contribution in [0.5, 0.6) is 0 Å². The number of alkyl halides is 1. The lowest BCUT2D eigenvalue weighted by molar-refractivity contribution is -0.134. The smallest absolute Gasteiger partial charge is 0.249 e. The van der Waals surface area contributed by atoms with Gasteiger partial charge in [-0.2, -0.15) is 0 Å². The van der Waals surface area contributed by atoms with E-state index < -0.39 is 6.04 Å². The van der Waals surface area contributed by atoms with Gasteiger partial charge in [0.15, 0.2) is 0 Å². The summed E-state index contributed by atoms with van der Waals surface area (Å²) in [6.07, 6.45) is 0.646. The lowest BCUT2D eigenvalue weighted by Crippen LogP contribution is -2.43. The molecule has 1 aliphatic heterocycles. The molecule has 4 nitrogen and oxygen atoms in total. The van der Waals surface area contributed by atoms with Crippen molar-refractivity contribution in [2.75, 3.05) is 24.4 Å². The fourth-order valence-corrected chi connectivity index (χ4v) is 2.35. The number of para-hydroxylation sites is 1. The van der Waals surface area contributed by atoms with Crippen molar-refractivity contribution >= 4 is 29.1 Å². The maximum Gasteiger partial charge on any atom is 0.249 e. The Hall–Kier alpha value is -1.55. The fourth-order valence-electron chi connectivity index (χ4n) is 2.16. The van der Waals surface area contributed by atoms with Crippen LogP contribution in [-0.2, 0) is 9.59 Å². The van der Waals surface area contributed by atoms with Gasteiger partial charge in [-0.3, -0.25) is 9.59 Å². The maximum atomic E-state index is 12.3. The summed E-state index contributed by atoms with van der Waals surface area (Å²) in [5.41, 5.74) is 0.872. The first-order valence-electron chi connectivity index (χ1n) is 5.83. The highest BCUT2D eigenvalue weighted by molar-refractivity contribution is 6.27. The van der Waals surface area contributed by atoms with E-state index in [9.17, 15) is 9.59 Å². The zero-order valence-corrected chi connectivity index (χ0v) is 10.9. The highest BCUT2D eigenvalue weighted by Gasteiger charge is 2.36. The quantitative estimate of drug-likeness (QED) is 0.778. The number of rotatable bonds is 3. The normalized spacial score (nSPS) is 19.1. The Labute approximate surface area is 111 Å². The van der Waals surface area contributed by atoms with E-state index >= 15 is 0 Å². The molecule has 0 N–H and O–H groups in total. The number of carbonyl (C=O) groups excluding carboxylic acids is 2. The SMILES string of the molecule is CN(C(=O)CCl)C1CCN(c2ccccc2)C1=O. The van der Waals surface area contributed by atoms with Gasteiger partial charge in [-0.15, -0.1) is 11.6 Å². The van der Waals surface area contributed by atoms with Gasteiger partial charge in [-0.25, -0.2) is 0 Å². The van der Waals surface area contributed by atoms with Crippen molar-refractivity contribution in [3.05, 3.63) is 30.3 Å². The van der Waals surface area contributed by atoms with Gasteiger partial charge in [0.2, 0.25) is 11.8 Å². The average molecular weight is 267 g/mol. The van der Waals surface area contributed by atoms with Gasteiger partial charge in [-0.1, -0.05) is 18.2 Å². The van der Waals surface area contributed by atoms with E-state index in [1.54, 1.807) is 11.9 Å². The van der Waals surface area contributed by atoms with E-state index in [4.69, 9.17) is 11.6 Å². The molecular formula is C13H15ClN2O2. The molecule has 96 valence electrons. The third kappa shape index (κ3) is 2.34. The minimum Gasteiger partial charge on any atom is -0.333 e. The van der Waals surface area contributed by atoms with Gasteiger partial charge in [0.25, 0.3) is 0 Å². The minimum absolute atomic E-state index is 0.0397. The lowest BCUT2D eigenvalue weighted by atomic mass is 10.2. The molecule has 5 heteroatoms. The molecule has 1 aromatic carbocycles. The molecule has 1 aliphatic rings. The number of hydrogen-bond donors (Lipinski definition) is 0. The fraction of sp³-hybridized carbons (Fsp3) is 0.385. The number of anilines is 1. The first kappa shape index (κ1) is 12.9. The predicted molar refractivity (Wildman–Crippen MR) is 70.7 cm³/mol. The van der Waals surface area contributed by atoms with Gasteiger partial charge >= 0.3 is 0 Å². The maximum absolute atomic E-state index is 12.3. The standard InChI is InChI=1S/C13H15ClN2O2/c1-15(12(17)9-14)11-7-8-16(13(11)18)10-5-3-2-4-6-10/h2-6,11H,7-9H2,1H3. The highest BCUT2D eigenvalue weighted by atomic mass is 35.5. The molecule has 0 spiro atoms. The number of hydrogen-bond acceptors (Lipinski definition) is 2. The van der Waals surface area contributed by atoms with Gasteiger partial charge in [-0.05, 0) is 18.6 Å². The first-order valence-corrected chi connectivity index (χ1v) is 6.36. The monoisotopic (exact) mass is 266 g/mol. The van der Waals surface area contributed by atoms with Crippen molar-refractivity contribution in [3.8, 4) is 0 Å². The summed E-state index contributed by atoms with van der Waals surface area (Å²) < 4.78 is 0. The molecule has 2 rings (SSSR count). The van der Waals surface area contributed by atoms with Crippen molar-refractivity contribution < 1.29 is 9.59 Å². The second-order valence-corrected chi connectivity index (χ2v) is 4.54. The molecule has 18 heavy (non-hydrogen) atoms. The summed E-state index contributed by atoms with van der Waals surface area (Å²) >= 11 is 5.51. The van der Waals surface area contributed by atoms with Crippen LogP contribution >= 0.6 is 11.6 Å². The van der Waals surface area contributed by atoms with E-state index in [0.717, 1.165) is 5.69 Å². The minimum atomic E-state index is -0.392. The van der Waals surface area contributed by atoms with Crippen molar-refractivity contribution in [2.24, 2.45) is 0 Å². The number of benzene rings is 1. The number of amides is 2. The van der Waals surface area contributed by atoms with Crippen LogP contribution in [0.2, 0.25) is 0 Å². The number of carbonyl (C=O) groups is 2. The van der Waals surface area contributed by atoms with E-state index in [2.05, 4.69) is 0 Å². The number of nitrogens with zero attached hydrogens (tertiary/aromatic N) is 2. The molecule has 0 radical (unpaired) electrons. The van der Waals surface area contributed by atoms with Gasteiger partial charge < -0.3 is 9.80 Å². The summed E-state index contributed by atoms with van der Waals surface area (Å²) in [5, 5.41) is 0. The second-order valence-electron chi connectivity index (χ2n) is 4.27. The topological polar surface area (TPSA) is 40.6 Å². The molecule has 0 aliphatic carbocycles. The third-order valence-electron chi connectivity index (χ3n) is 3.22. The van der Waals surface area contributed by atoms with Gasteiger partial charge in [0, 0.05) is 19.3 Å². The molecule has 0 bridgehead atoms. The molecule has 1 fully saturated rings. The van der Waals surface area contributed by atoms with E-state index in [1.165, 1.54) is 4.90 Å². The Bertz CT molecular complexity index is 450. The van der Waals surface area contributed by atoms with E-state index in [1.807, 2.05) is 30.3 Å². The van der Waals surface area contributed by atoms with Crippen LogP contribution in [0.3, 0.4) is 0 Å². The summed E-state index contributed by atoms with van der Waals surface area (Å²) in [4.78, 5) is 26.9. The summed E-state index contributed by atoms with van der Waals surface area (Å²) in [7, 11) is 1.63. The Morgan fingerprint density at radius 2 is 2.11 bits per heavy atom. The van der Waals surface area contributed by atoms with Crippen LogP contribution in [0.15, 0.2) is 30.3 Å². The van der Waals surface area contributed by atoms with Crippen molar-refractivity contribution in [1.82, 2.24) is 4.90 Å². The van der Waals surface area contributed by atoms with Crippen LogP contribution < -0.4 is 4.90 Å². The Morgan fingerprint density at radius 3 is 2.72 bits per heavy atom. The molecular weight excluding hydrogens is 252 g/mol. The Morgan fingerprint density at radius 1 is 1.44 bits per heavy atom. The summed E-state index contributed by atoms with van der Waals surface area (Å²) in [6, 6.07) is 9.09. The Kier molecular flexibility index (Phi) is 3.87. The molecule has 2 amide bonds. The molecule has 0 aromatic heterocycles. The molecule has 0 saturated carbocycles. The first-order chi connectivity index (χ1) is 8.65. The van der Waals surface area contributed by atoms with Crippen LogP contribution in [0.4, 0.5) is 5.69 Å². The lowest BCUT2D eigenvalue weighted by Gasteiger charge is -2.23. The van der Waals surface area contributed by atoms with Crippen LogP contribution in [-0.4, -0.2) is 42.2 Å². The molecule has 1 saturated heterocycles. The summed E-state index contributed by atoms with van der Waals surface area (Å²) in [6.45, 7) is 0.632. The third-order valence-corrected chi connectivity index (χ3v) is 3.45. The highest BCUT2D eigenvalue weighted by Crippen LogP contribution is 2.23. The van der Waals surface area contributed by atoms with Gasteiger partial charge in [0.05, 0.1) is 0 Å². The predicted octanol–water partition coefficient (Wildman–Crippen LogP) is 1.49. The molecule has 1 aromatic rings. The average Bonchev–Trinajstić information content (AvgIpc) is 2.80. The molecule has 1 heterocycles. The number of likely N-dealkylation sites (N-methyl/N-ethyl adjacent to an activating group) is 1. The van der Waals surface area contributed by atoms with Crippen LogP contribution in [0.1, 0.15) is 6.42 Å². The van der Waals surface area contributed by atoms with Crippen molar-refractivity contribution in [2.45, 2.75) is 12.5 Å². The molecule has 1 atom stereocenters. The van der Waals surface area contributed by atoms with Crippen molar-refractivity contribution in [1.29, 1.82) is 0 Å². The van der Waals surface area contributed by atoms with Crippen LogP contribution in [0, 0.1) is 0 Å². The zero-order valence-electron chi connectivity index (χ0n) is 10.2. The number of halogens is 1. The van der Waals surface area contributed by atoms with E-state index in [0.29, 0.717) is 13.0 Å². The van der Waals surface area contributed by atoms with Gasteiger partial charge in [0.1, 0.15) is 11.9 Å². The van der Waals surface area contributed by atoms with Crippen molar-refractivity contribution in [3.63, 3.8) is 0 Å². The Balaban J connectivity index is 2.13.